The first-order valence-electron chi connectivity index (χ1n) is 6.87. The van der Waals surface area contributed by atoms with Gasteiger partial charge in [-0.2, -0.15) is 0 Å². The normalized spacial score (nSPS) is 13.9. The number of benzene rings is 1. The number of anilines is 1. The van der Waals surface area contributed by atoms with Crippen molar-refractivity contribution in [3.63, 3.8) is 0 Å². The lowest BCUT2D eigenvalue weighted by Gasteiger charge is -2.28. The number of para-hydroxylation sites is 1. The van der Waals surface area contributed by atoms with Crippen LogP contribution in [-0.2, 0) is 0 Å². The van der Waals surface area contributed by atoms with Crippen LogP contribution in [0.15, 0.2) is 57.3 Å². The minimum absolute atomic E-state index is 0.112. The summed E-state index contributed by atoms with van der Waals surface area (Å²) in [6, 6.07) is 13.6. The molecule has 0 aliphatic carbocycles. The number of hydrogen-bond donors (Lipinski definition) is 0. The average Bonchev–Trinajstić information content (AvgIpc) is 3.24. The third-order valence-corrected chi connectivity index (χ3v) is 5.39. The van der Waals surface area contributed by atoms with Crippen LogP contribution in [0.25, 0.3) is 10.6 Å². The summed E-state index contributed by atoms with van der Waals surface area (Å²) in [5.41, 5.74) is 1.30. The second kappa shape index (κ2) is 5.62. The fraction of sp³-hybridized carbons (Fsp3) is 0.125. The molecule has 0 unspecified atom stereocenters. The molecule has 1 aliphatic heterocycles. The Bertz CT molecular complexity index is 811. The summed E-state index contributed by atoms with van der Waals surface area (Å²) in [7, 11) is 0. The summed E-state index contributed by atoms with van der Waals surface area (Å²) in [6.45, 7) is 0.682. The van der Waals surface area contributed by atoms with Crippen molar-refractivity contribution in [1.82, 2.24) is 5.16 Å². The summed E-state index contributed by atoms with van der Waals surface area (Å²) in [5.74, 6) is 1.41. The molecule has 0 atom stereocenters. The third-order valence-electron chi connectivity index (χ3n) is 3.47. The van der Waals surface area contributed by atoms with Gasteiger partial charge >= 0.3 is 0 Å². The van der Waals surface area contributed by atoms with Gasteiger partial charge in [0.15, 0.2) is 11.5 Å². The zero-order chi connectivity index (χ0) is 14.9. The molecular weight excluding hydrogens is 316 g/mol. The van der Waals surface area contributed by atoms with Crippen LogP contribution in [0.1, 0.15) is 10.5 Å². The molecule has 1 amide bonds. The van der Waals surface area contributed by atoms with Crippen LogP contribution in [0.5, 0.6) is 0 Å². The molecule has 0 radical (unpaired) electrons. The van der Waals surface area contributed by atoms with Gasteiger partial charge in [-0.15, -0.1) is 23.1 Å². The first-order valence-corrected chi connectivity index (χ1v) is 8.74. The Balaban J connectivity index is 1.66. The van der Waals surface area contributed by atoms with Crippen LogP contribution in [0, 0.1) is 0 Å². The Hall–Kier alpha value is -2.05. The molecule has 110 valence electrons. The second-order valence-electron chi connectivity index (χ2n) is 4.83. The number of thioether (sulfide) groups is 1. The highest BCUT2D eigenvalue weighted by molar-refractivity contribution is 7.99. The predicted octanol–water partition coefficient (Wildman–Crippen LogP) is 4.16. The molecular formula is C16H12N2O2S2. The maximum Gasteiger partial charge on any atom is 0.280 e. The van der Waals surface area contributed by atoms with Gasteiger partial charge in [0, 0.05) is 23.3 Å². The van der Waals surface area contributed by atoms with E-state index in [-0.39, 0.29) is 5.91 Å². The molecule has 2 aromatic heterocycles. The number of nitrogens with zero attached hydrogens (tertiary/aromatic N) is 2. The fourth-order valence-corrected chi connectivity index (χ4v) is 4.10. The zero-order valence-corrected chi connectivity index (χ0v) is 13.2. The molecule has 22 heavy (non-hydrogen) atoms. The number of carbonyl (C=O) groups is 1. The smallest absolute Gasteiger partial charge is 0.280 e. The van der Waals surface area contributed by atoms with Gasteiger partial charge in [-0.3, -0.25) is 4.79 Å². The SMILES string of the molecule is O=C(c1cc(-c2cccs2)on1)N1CCSc2ccccc21. The topological polar surface area (TPSA) is 46.3 Å². The van der Waals surface area contributed by atoms with E-state index in [1.54, 1.807) is 34.1 Å². The van der Waals surface area contributed by atoms with Crippen molar-refractivity contribution < 1.29 is 9.32 Å². The minimum Gasteiger partial charge on any atom is -0.355 e. The van der Waals surface area contributed by atoms with E-state index in [4.69, 9.17) is 4.52 Å². The summed E-state index contributed by atoms with van der Waals surface area (Å²) in [6.07, 6.45) is 0. The quantitative estimate of drug-likeness (QED) is 0.709. The van der Waals surface area contributed by atoms with Gasteiger partial charge in [0.05, 0.1) is 10.6 Å². The van der Waals surface area contributed by atoms with E-state index in [1.165, 1.54) is 0 Å². The van der Waals surface area contributed by atoms with Crippen LogP contribution in [-0.4, -0.2) is 23.4 Å². The van der Waals surface area contributed by atoms with Crippen LogP contribution in [0.4, 0.5) is 5.69 Å². The summed E-state index contributed by atoms with van der Waals surface area (Å²) in [4.78, 5) is 16.6. The molecule has 1 aromatic carbocycles. The number of aromatic nitrogens is 1. The standard InChI is InChI=1S/C16H12N2O2S2/c19-16(11-10-13(20-17-11)15-6-3-8-21-15)18-7-9-22-14-5-2-1-4-12(14)18/h1-6,8,10H,7,9H2. The van der Waals surface area contributed by atoms with Crippen LogP contribution in [0.2, 0.25) is 0 Å². The number of rotatable bonds is 2. The largest absolute Gasteiger partial charge is 0.355 e. The van der Waals surface area contributed by atoms with E-state index >= 15 is 0 Å². The number of hydrogen-bond acceptors (Lipinski definition) is 5. The molecule has 3 heterocycles. The van der Waals surface area contributed by atoms with E-state index in [1.807, 2.05) is 41.8 Å². The molecule has 1 aliphatic rings. The molecule has 0 saturated carbocycles. The van der Waals surface area contributed by atoms with Crippen molar-refractivity contribution in [3.8, 4) is 10.6 Å². The lowest BCUT2D eigenvalue weighted by Crippen LogP contribution is -2.35. The molecule has 6 heteroatoms. The Morgan fingerprint density at radius 1 is 1.23 bits per heavy atom. The molecule has 4 rings (SSSR count). The second-order valence-corrected chi connectivity index (χ2v) is 6.91. The molecule has 4 nitrogen and oxygen atoms in total. The molecule has 3 aromatic rings. The van der Waals surface area contributed by atoms with E-state index in [0.29, 0.717) is 18.0 Å². The van der Waals surface area contributed by atoms with E-state index < -0.39 is 0 Å². The Kier molecular flexibility index (Phi) is 3.48. The molecule has 0 N–H and O–H groups in total. The van der Waals surface area contributed by atoms with Crippen molar-refractivity contribution in [1.29, 1.82) is 0 Å². The van der Waals surface area contributed by atoms with Crippen molar-refractivity contribution in [3.05, 3.63) is 53.5 Å². The van der Waals surface area contributed by atoms with Gasteiger partial charge < -0.3 is 9.42 Å². The maximum absolute atomic E-state index is 12.7. The van der Waals surface area contributed by atoms with Crippen LogP contribution < -0.4 is 4.90 Å². The van der Waals surface area contributed by atoms with E-state index in [2.05, 4.69) is 5.16 Å². The Labute approximate surface area is 135 Å². The average molecular weight is 328 g/mol. The van der Waals surface area contributed by atoms with Gasteiger partial charge in [0.1, 0.15) is 0 Å². The molecule has 0 spiro atoms. The van der Waals surface area contributed by atoms with Gasteiger partial charge in [0.25, 0.3) is 5.91 Å². The summed E-state index contributed by atoms with van der Waals surface area (Å²) < 4.78 is 5.32. The first kappa shape index (κ1) is 13.6. The van der Waals surface area contributed by atoms with E-state index in [9.17, 15) is 4.79 Å². The highest BCUT2D eigenvalue weighted by atomic mass is 32.2. The van der Waals surface area contributed by atoms with E-state index in [0.717, 1.165) is 21.2 Å². The number of carbonyl (C=O) groups excluding carboxylic acids is 1. The molecule has 0 fully saturated rings. The highest BCUT2D eigenvalue weighted by Crippen LogP contribution is 2.35. The summed E-state index contributed by atoms with van der Waals surface area (Å²) in [5, 5.41) is 5.92. The fourth-order valence-electron chi connectivity index (χ4n) is 2.43. The Morgan fingerprint density at radius 3 is 3.00 bits per heavy atom. The highest BCUT2D eigenvalue weighted by Gasteiger charge is 2.26. The lowest BCUT2D eigenvalue weighted by molar-refractivity contribution is 0.0979. The van der Waals surface area contributed by atoms with Crippen LogP contribution >= 0.6 is 23.1 Å². The number of fused-ring (bicyclic) bond motifs is 1. The number of amides is 1. The van der Waals surface area contributed by atoms with Gasteiger partial charge in [-0.05, 0) is 23.6 Å². The Morgan fingerprint density at radius 2 is 2.14 bits per heavy atom. The molecule has 0 bridgehead atoms. The zero-order valence-electron chi connectivity index (χ0n) is 11.6. The minimum atomic E-state index is -0.112. The maximum atomic E-state index is 12.7. The van der Waals surface area contributed by atoms with Crippen molar-refractivity contribution in [2.45, 2.75) is 4.90 Å². The predicted molar refractivity (Wildman–Crippen MR) is 88.7 cm³/mol. The van der Waals surface area contributed by atoms with Crippen molar-refractivity contribution in [2.75, 3.05) is 17.2 Å². The lowest BCUT2D eigenvalue weighted by atomic mass is 10.2. The number of thiophene rings is 1. The van der Waals surface area contributed by atoms with Crippen LogP contribution in [0.3, 0.4) is 0 Å². The third kappa shape index (κ3) is 2.34. The van der Waals surface area contributed by atoms with Gasteiger partial charge in [-0.25, -0.2) is 0 Å². The summed E-state index contributed by atoms with van der Waals surface area (Å²) >= 11 is 3.34. The first-order chi connectivity index (χ1) is 10.8. The monoisotopic (exact) mass is 328 g/mol. The van der Waals surface area contributed by atoms with Gasteiger partial charge in [0.2, 0.25) is 0 Å². The van der Waals surface area contributed by atoms with Crippen molar-refractivity contribution >= 4 is 34.7 Å². The van der Waals surface area contributed by atoms with Crippen molar-refractivity contribution in [2.24, 2.45) is 0 Å². The molecule has 0 saturated heterocycles. The van der Waals surface area contributed by atoms with Gasteiger partial charge in [-0.1, -0.05) is 23.4 Å².